The van der Waals surface area contributed by atoms with Gasteiger partial charge in [0.25, 0.3) is 0 Å². The summed E-state index contributed by atoms with van der Waals surface area (Å²) >= 11 is 0. The van der Waals surface area contributed by atoms with Gasteiger partial charge in [0.05, 0.1) is 6.42 Å². The molecule has 0 bridgehead atoms. The zero-order valence-electron chi connectivity index (χ0n) is 13.0. The molecule has 0 fully saturated rings. The quantitative estimate of drug-likeness (QED) is 0.617. The molecule has 0 rings (SSSR count). The number of carboxylic acids is 1. The van der Waals surface area contributed by atoms with Crippen molar-refractivity contribution < 1.29 is 9.90 Å². The first-order valence-corrected chi connectivity index (χ1v) is 7.00. The highest BCUT2D eigenvalue weighted by Gasteiger charge is 2.13. The van der Waals surface area contributed by atoms with E-state index in [-0.39, 0.29) is 12.3 Å². The van der Waals surface area contributed by atoms with E-state index in [1.54, 1.807) is 0 Å². The van der Waals surface area contributed by atoms with Gasteiger partial charge < -0.3 is 5.11 Å². The van der Waals surface area contributed by atoms with Gasteiger partial charge in [-0.1, -0.05) is 34.9 Å². The summed E-state index contributed by atoms with van der Waals surface area (Å²) in [5.41, 5.74) is 3.82. The van der Waals surface area contributed by atoms with E-state index in [2.05, 4.69) is 32.1 Å². The highest BCUT2D eigenvalue weighted by atomic mass is 16.4. The molecule has 0 heterocycles. The van der Waals surface area contributed by atoms with Crippen molar-refractivity contribution >= 4 is 5.97 Å². The van der Waals surface area contributed by atoms with Gasteiger partial charge in [-0.2, -0.15) is 0 Å². The van der Waals surface area contributed by atoms with Crippen LogP contribution in [0.5, 0.6) is 0 Å². The van der Waals surface area contributed by atoms with E-state index < -0.39 is 5.97 Å². The van der Waals surface area contributed by atoms with Crippen LogP contribution in [-0.4, -0.2) is 11.1 Å². The van der Waals surface area contributed by atoms with E-state index in [1.807, 2.05) is 20.8 Å². The number of rotatable bonds is 8. The molecule has 1 unspecified atom stereocenters. The Labute approximate surface area is 117 Å². The Kier molecular flexibility index (Phi) is 8.94. The molecule has 0 radical (unpaired) electrons. The van der Waals surface area contributed by atoms with Crippen molar-refractivity contribution in [2.24, 2.45) is 5.92 Å². The molecule has 0 aromatic heterocycles. The zero-order chi connectivity index (χ0) is 14.8. The van der Waals surface area contributed by atoms with Gasteiger partial charge in [0.2, 0.25) is 0 Å². The Hall–Kier alpha value is -1.31. The average Bonchev–Trinajstić information content (AvgIpc) is 2.33. The lowest BCUT2D eigenvalue weighted by atomic mass is 9.91. The summed E-state index contributed by atoms with van der Waals surface area (Å²) in [6.07, 6.45) is 9.53. The molecule has 0 aromatic carbocycles. The van der Waals surface area contributed by atoms with E-state index in [4.69, 9.17) is 5.11 Å². The van der Waals surface area contributed by atoms with Gasteiger partial charge in [0, 0.05) is 0 Å². The van der Waals surface area contributed by atoms with Crippen molar-refractivity contribution in [2.75, 3.05) is 0 Å². The third-order valence-electron chi connectivity index (χ3n) is 3.37. The van der Waals surface area contributed by atoms with Crippen molar-refractivity contribution in [1.82, 2.24) is 0 Å². The summed E-state index contributed by atoms with van der Waals surface area (Å²) in [7, 11) is 0. The fourth-order valence-electron chi connectivity index (χ4n) is 1.86. The van der Waals surface area contributed by atoms with Crippen LogP contribution >= 0.6 is 0 Å². The summed E-state index contributed by atoms with van der Waals surface area (Å²) in [6.45, 7) is 10.3. The Morgan fingerprint density at radius 2 is 1.79 bits per heavy atom. The minimum absolute atomic E-state index is 0.123. The summed E-state index contributed by atoms with van der Waals surface area (Å²) in [5, 5.41) is 8.99. The average molecular weight is 264 g/mol. The van der Waals surface area contributed by atoms with E-state index in [0.29, 0.717) is 0 Å². The van der Waals surface area contributed by atoms with Crippen LogP contribution in [0.1, 0.15) is 60.3 Å². The molecule has 0 spiro atoms. The lowest BCUT2D eigenvalue weighted by molar-refractivity contribution is -0.137. The normalized spacial score (nSPS) is 14.2. The minimum atomic E-state index is -0.718. The third-order valence-corrected chi connectivity index (χ3v) is 3.37. The van der Waals surface area contributed by atoms with Crippen molar-refractivity contribution in [2.45, 2.75) is 60.3 Å². The third kappa shape index (κ3) is 9.29. The second-order valence-corrected chi connectivity index (χ2v) is 5.43. The molecule has 0 saturated carbocycles. The number of carbonyl (C=O) groups is 1. The Morgan fingerprint density at radius 3 is 2.26 bits per heavy atom. The number of hydrogen-bond donors (Lipinski definition) is 1. The fourth-order valence-corrected chi connectivity index (χ4v) is 1.86. The molecule has 0 aliphatic carbocycles. The van der Waals surface area contributed by atoms with E-state index in [0.717, 1.165) is 19.3 Å². The first-order chi connectivity index (χ1) is 8.86. The molecule has 0 saturated heterocycles. The molecule has 2 heteroatoms. The first-order valence-electron chi connectivity index (χ1n) is 7.00. The summed E-state index contributed by atoms with van der Waals surface area (Å²) < 4.78 is 0. The van der Waals surface area contributed by atoms with Gasteiger partial charge in [-0.25, -0.2) is 0 Å². The maximum Gasteiger partial charge on any atom is 0.303 e. The van der Waals surface area contributed by atoms with Crippen molar-refractivity contribution in [1.29, 1.82) is 0 Å². The van der Waals surface area contributed by atoms with Gasteiger partial charge in [-0.15, -0.1) is 0 Å². The second kappa shape index (κ2) is 9.60. The second-order valence-electron chi connectivity index (χ2n) is 5.43. The van der Waals surface area contributed by atoms with Crippen LogP contribution in [0, 0.1) is 5.92 Å². The topological polar surface area (TPSA) is 37.3 Å². The smallest absolute Gasteiger partial charge is 0.303 e. The molecule has 0 amide bonds. The Bertz CT molecular complexity index is 369. The van der Waals surface area contributed by atoms with Crippen LogP contribution in [0.15, 0.2) is 34.9 Å². The van der Waals surface area contributed by atoms with Crippen molar-refractivity contribution in [3.8, 4) is 0 Å². The molecular weight excluding hydrogens is 236 g/mol. The zero-order valence-corrected chi connectivity index (χ0v) is 13.0. The van der Waals surface area contributed by atoms with Crippen LogP contribution < -0.4 is 0 Å². The maximum absolute atomic E-state index is 10.9. The lowest BCUT2D eigenvalue weighted by Gasteiger charge is -2.14. The monoisotopic (exact) mass is 264 g/mol. The number of carboxylic acid groups (broad SMARTS) is 1. The standard InChI is InChI=1S/C17H28O2/c1-6-14(4)8-7-9-15(5)16(12-17(18)19)11-10-13(2)3/h6,9-10,16H,7-8,11-12H2,1-5H3,(H,18,19)/b14-6-,15-9?. The largest absolute Gasteiger partial charge is 0.481 e. The predicted molar refractivity (Wildman–Crippen MR) is 82.2 cm³/mol. The highest BCUT2D eigenvalue weighted by molar-refractivity contribution is 5.67. The van der Waals surface area contributed by atoms with E-state index in [1.165, 1.54) is 16.7 Å². The van der Waals surface area contributed by atoms with Crippen LogP contribution in [0.3, 0.4) is 0 Å². The minimum Gasteiger partial charge on any atom is -0.481 e. The number of hydrogen-bond acceptors (Lipinski definition) is 1. The van der Waals surface area contributed by atoms with E-state index >= 15 is 0 Å². The van der Waals surface area contributed by atoms with Crippen LogP contribution in [0.25, 0.3) is 0 Å². The first kappa shape index (κ1) is 17.7. The Balaban J connectivity index is 4.60. The summed E-state index contributed by atoms with van der Waals surface area (Å²) in [4.78, 5) is 10.9. The molecule has 108 valence electrons. The van der Waals surface area contributed by atoms with Gasteiger partial charge in [0.15, 0.2) is 0 Å². The molecular formula is C17H28O2. The SMILES string of the molecule is C/C=C(/C)CCC=C(C)C(CC=C(C)C)CC(=O)O. The number of aliphatic carboxylic acids is 1. The van der Waals surface area contributed by atoms with Gasteiger partial charge in [-0.05, 0) is 59.8 Å². The molecule has 2 nitrogen and oxygen atoms in total. The summed E-state index contributed by atoms with van der Waals surface area (Å²) in [5.74, 6) is -0.595. The van der Waals surface area contributed by atoms with Crippen LogP contribution in [-0.2, 0) is 4.79 Å². The van der Waals surface area contributed by atoms with Gasteiger partial charge in [-0.3, -0.25) is 4.79 Å². The number of allylic oxidation sites excluding steroid dienone is 6. The molecule has 0 aliphatic heterocycles. The molecule has 0 aromatic rings. The molecule has 0 aliphatic rings. The Morgan fingerprint density at radius 1 is 1.16 bits per heavy atom. The van der Waals surface area contributed by atoms with Gasteiger partial charge >= 0.3 is 5.97 Å². The lowest BCUT2D eigenvalue weighted by Crippen LogP contribution is -2.08. The molecule has 19 heavy (non-hydrogen) atoms. The predicted octanol–water partition coefficient (Wildman–Crippen LogP) is 5.13. The van der Waals surface area contributed by atoms with Gasteiger partial charge in [0.1, 0.15) is 0 Å². The fraction of sp³-hybridized carbons (Fsp3) is 0.588. The van der Waals surface area contributed by atoms with Crippen LogP contribution in [0.4, 0.5) is 0 Å². The van der Waals surface area contributed by atoms with Crippen molar-refractivity contribution in [3.63, 3.8) is 0 Å². The van der Waals surface area contributed by atoms with Crippen LogP contribution in [0.2, 0.25) is 0 Å². The van der Waals surface area contributed by atoms with E-state index in [9.17, 15) is 4.79 Å². The van der Waals surface area contributed by atoms with Crippen molar-refractivity contribution in [3.05, 3.63) is 34.9 Å². The molecule has 1 N–H and O–H groups in total. The highest BCUT2D eigenvalue weighted by Crippen LogP contribution is 2.22. The maximum atomic E-state index is 10.9. The summed E-state index contributed by atoms with van der Waals surface area (Å²) in [6, 6.07) is 0. The molecule has 1 atom stereocenters.